The molecule has 1 aromatic rings. The molecule has 0 aromatic carbocycles. The van der Waals surface area contributed by atoms with E-state index in [1.165, 1.54) is 12.8 Å². The van der Waals surface area contributed by atoms with Crippen molar-refractivity contribution >= 4 is 11.7 Å². The van der Waals surface area contributed by atoms with Crippen molar-refractivity contribution in [2.45, 2.75) is 19.8 Å². The van der Waals surface area contributed by atoms with E-state index in [4.69, 9.17) is 11.1 Å². The predicted molar refractivity (Wildman–Crippen MR) is 61.4 cm³/mol. The summed E-state index contributed by atoms with van der Waals surface area (Å²) in [4.78, 5) is 6.69. The van der Waals surface area contributed by atoms with Crippen LogP contribution < -0.4 is 10.6 Å². The molecule has 1 aliphatic rings. The lowest BCUT2D eigenvalue weighted by Crippen LogP contribution is -2.24. The molecule has 4 heteroatoms. The first-order chi connectivity index (χ1) is 7.18. The second-order valence-corrected chi connectivity index (χ2v) is 3.93. The van der Waals surface area contributed by atoms with Crippen molar-refractivity contribution in [3.63, 3.8) is 0 Å². The summed E-state index contributed by atoms with van der Waals surface area (Å²) < 4.78 is 0. The molecule has 0 spiro atoms. The van der Waals surface area contributed by atoms with Gasteiger partial charge < -0.3 is 10.6 Å². The van der Waals surface area contributed by atoms with E-state index in [-0.39, 0.29) is 5.84 Å². The van der Waals surface area contributed by atoms with Gasteiger partial charge >= 0.3 is 0 Å². The largest absolute Gasteiger partial charge is 0.384 e. The van der Waals surface area contributed by atoms with Crippen molar-refractivity contribution in [3.05, 3.63) is 23.4 Å². The number of nitrogen functional groups attached to an aromatic ring is 1. The SMILES string of the molecule is Cc1ccc(C(=N)N)c(N2CCCC2)n1. The number of pyridine rings is 1. The quantitative estimate of drug-likeness (QED) is 0.563. The van der Waals surface area contributed by atoms with Crippen molar-refractivity contribution < 1.29 is 0 Å². The van der Waals surface area contributed by atoms with Gasteiger partial charge in [-0.2, -0.15) is 0 Å². The Kier molecular flexibility index (Phi) is 2.58. The zero-order valence-electron chi connectivity index (χ0n) is 8.95. The van der Waals surface area contributed by atoms with Crippen LogP contribution in [-0.2, 0) is 0 Å². The summed E-state index contributed by atoms with van der Waals surface area (Å²) in [6, 6.07) is 3.79. The molecule has 80 valence electrons. The Morgan fingerprint density at radius 3 is 2.67 bits per heavy atom. The first-order valence-electron chi connectivity index (χ1n) is 5.25. The molecule has 1 aliphatic heterocycles. The summed E-state index contributed by atoms with van der Waals surface area (Å²) in [5.74, 6) is 0.976. The average Bonchev–Trinajstić information content (AvgIpc) is 2.69. The summed E-state index contributed by atoms with van der Waals surface area (Å²) in [5.41, 5.74) is 7.28. The highest BCUT2D eigenvalue weighted by Crippen LogP contribution is 2.22. The van der Waals surface area contributed by atoms with Crippen LogP contribution in [0.2, 0.25) is 0 Å². The Balaban J connectivity index is 2.41. The van der Waals surface area contributed by atoms with E-state index in [9.17, 15) is 0 Å². The molecule has 0 atom stereocenters. The first kappa shape index (κ1) is 9.96. The second kappa shape index (κ2) is 3.88. The van der Waals surface area contributed by atoms with Crippen LogP contribution in [0.4, 0.5) is 5.82 Å². The summed E-state index contributed by atoms with van der Waals surface area (Å²) in [6.45, 7) is 4.01. The van der Waals surface area contributed by atoms with Gasteiger partial charge in [-0.05, 0) is 31.9 Å². The molecule has 15 heavy (non-hydrogen) atoms. The number of rotatable bonds is 2. The number of hydrogen-bond donors (Lipinski definition) is 2. The third-order valence-corrected chi connectivity index (χ3v) is 2.71. The fraction of sp³-hybridized carbons (Fsp3) is 0.455. The zero-order valence-corrected chi connectivity index (χ0v) is 8.95. The molecule has 2 rings (SSSR count). The monoisotopic (exact) mass is 204 g/mol. The Morgan fingerprint density at radius 1 is 1.40 bits per heavy atom. The predicted octanol–water partition coefficient (Wildman–Crippen LogP) is 1.27. The molecule has 0 saturated carbocycles. The number of nitrogens with one attached hydrogen (secondary N) is 1. The highest BCUT2D eigenvalue weighted by Gasteiger charge is 2.18. The maximum absolute atomic E-state index is 7.52. The van der Waals surface area contributed by atoms with Crippen LogP contribution in [0, 0.1) is 12.3 Å². The maximum Gasteiger partial charge on any atom is 0.139 e. The van der Waals surface area contributed by atoms with Crippen LogP contribution in [0.15, 0.2) is 12.1 Å². The molecular formula is C11H16N4. The minimum Gasteiger partial charge on any atom is -0.384 e. The van der Waals surface area contributed by atoms with Gasteiger partial charge in [-0.25, -0.2) is 4.98 Å². The summed E-state index contributed by atoms with van der Waals surface area (Å²) in [6.07, 6.45) is 2.40. The van der Waals surface area contributed by atoms with E-state index in [1.807, 2.05) is 19.1 Å². The van der Waals surface area contributed by atoms with Gasteiger partial charge in [0.2, 0.25) is 0 Å². The van der Waals surface area contributed by atoms with Gasteiger partial charge in [-0.15, -0.1) is 0 Å². The zero-order chi connectivity index (χ0) is 10.8. The van der Waals surface area contributed by atoms with E-state index < -0.39 is 0 Å². The lowest BCUT2D eigenvalue weighted by atomic mass is 10.2. The number of anilines is 1. The minimum absolute atomic E-state index is 0.101. The van der Waals surface area contributed by atoms with Crippen molar-refractivity contribution in [1.29, 1.82) is 5.41 Å². The van der Waals surface area contributed by atoms with E-state index in [2.05, 4.69) is 9.88 Å². The van der Waals surface area contributed by atoms with Crippen LogP contribution in [0.25, 0.3) is 0 Å². The van der Waals surface area contributed by atoms with E-state index in [1.54, 1.807) is 0 Å². The van der Waals surface area contributed by atoms with Gasteiger partial charge in [0.1, 0.15) is 11.7 Å². The van der Waals surface area contributed by atoms with Crippen molar-refractivity contribution in [3.8, 4) is 0 Å². The van der Waals surface area contributed by atoms with Crippen LogP contribution >= 0.6 is 0 Å². The lowest BCUT2D eigenvalue weighted by molar-refractivity contribution is 0.926. The summed E-state index contributed by atoms with van der Waals surface area (Å²) >= 11 is 0. The summed E-state index contributed by atoms with van der Waals surface area (Å²) in [5, 5.41) is 7.52. The number of amidine groups is 1. The lowest BCUT2D eigenvalue weighted by Gasteiger charge is -2.19. The highest BCUT2D eigenvalue weighted by molar-refractivity contribution is 5.99. The second-order valence-electron chi connectivity index (χ2n) is 3.93. The number of nitrogens with two attached hydrogens (primary N) is 1. The molecule has 0 bridgehead atoms. The van der Waals surface area contributed by atoms with Crippen molar-refractivity contribution in [2.75, 3.05) is 18.0 Å². The average molecular weight is 204 g/mol. The minimum atomic E-state index is 0.101. The normalized spacial score (nSPS) is 15.7. The number of nitrogens with zero attached hydrogens (tertiary/aromatic N) is 2. The fourth-order valence-corrected chi connectivity index (χ4v) is 1.92. The third kappa shape index (κ3) is 1.93. The molecule has 0 radical (unpaired) electrons. The number of hydrogen-bond acceptors (Lipinski definition) is 3. The van der Waals surface area contributed by atoms with Crippen molar-refractivity contribution in [1.82, 2.24) is 4.98 Å². The van der Waals surface area contributed by atoms with E-state index in [0.717, 1.165) is 30.2 Å². The molecule has 1 fully saturated rings. The number of aromatic nitrogens is 1. The van der Waals surface area contributed by atoms with Gasteiger partial charge in [-0.1, -0.05) is 0 Å². The first-order valence-corrected chi connectivity index (χ1v) is 5.25. The van der Waals surface area contributed by atoms with Crippen LogP contribution in [0.5, 0.6) is 0 Å². The Bertz CT molecular complexity index is 380. The Morgan fingerprint density at radius 2 is 2.07 bits per heavy atom. The summed E-state index contributed by atoms with van der Waals surface area (Å²) in [7, 11) is 0. The van der Waals surface area contributed by atoms with Crippen LogP contribution in [0.3, 0.4) is 0 Å². The van der Waals surface area contributed by atoms with Gasteiger partial charge in [0, 0.05) is 18.8 Å². The standard InChI is InChI=1S/C11H16N4/c1-8-4-5-9(10(12)13)11(14-8)15-6-2-3-7-15/h4-5H,2-3,6-7H2,1H3,(H3,12,13). The molecule has 4 nitrogen and oxygen atoms in total. The van der Waals surface area contributed by atoms with Gasteiger partial charge in [0.15, 0.2) is 0 Å². The topological polar surface area (TPSA) is 66.0 Å². The Hall–Kier alpha value is -1.58. The van der Waals surface area contributed by atoms with E-state index >= 15 is 0 Å². The third-order valence-electron chi connectivity index (χ3n) is 2.71. The molecule has 1 saturated heterocycles. The molecule has 0 aliphatic carbocycles. The van der Waals surface area contributed by atoms with E-state index in [0.29, 0.717) is 0 Å². The molecule has 2 heterocycles. The van der Waals surface area contributed by atoms with Gasteiger partial charge in [-0.3, -0.25) is 5.41 Å². The van der Waals surface area contributed by atoms with Gasteiger partial charge in [0.05, 0.1) is 5.56 Å². The molecule has 3 N–H and O–H groups in total. The smallest absolute Gasteiger partial charge is 0.139 e. The van der Waals surface area contributed by atoms with Crippen LogP contribution in [0.1, 0.15) is 24.1 Å². The fourth-order valence-electron chi connectivity index (χ4n) is 1.92. The Labute approximate surface area is 89.6 Å². The highest BCUT2D eigenvalue weighted by atomic mass is 15.2. The number of aryl methyl sites for hydroxylation is 1. The van der Waals surface area contributed by atoms with Crippen molar-refractivity contribution in [2.24, 2.45) is 5.73 Å². The molecular weight excluding hydrogens is 188 g/mol. The maximum atomic E-state index is 7.52. The van der Waals surface area contributed by atoms with Gasteiger partial charge in [0.25, 0.3) is 0 Å². The molecule has 1 aromatic heterocycles. The van der Waals surface area contributed by atoms with Crippen LogP contribution in [-0.4, -0.2) is 23.9 Å². The molecule has 0 unspecified atom stereocenters. The molecule has 0 amide bonds.